The molecule has 4 amide bonds. The summed E-state index contributed by atoms with van der Waals surface area (Å²) in [5.41, 5.74) is -2.48. The Labute approximate surface area is 316 Å². The van der Waals surface area contributed by atoms with E-state index >= 15 is 0 Å². The van der Waals surface area contributed by atoms with Crippen molar-refractivity contribution in [1.29, 1.82) is 0 Å². The van der Waals surface area contributed by atoms with Crippen LogP contribution in [0.2, 0.25) is 0 Å². The van der Waals surface area contributed by atoms with Crippen LogP contribution >= 0.6 is 0 Å². The van der Waals surface area contributed by atoms with Crippen molar-refractivity contribution in [3.8, 4) is 0 Å². The van der Waals surface area contributed by atoms with Crippen LogP contribution in [0.3, 0.4) is 0 Å². The Bertz CT molecular complexity index is 1500. The molecule has 0 fully saturated rings. The van der Waals surface area contributed by atoms with Gasteiger partial charge < -0.3 is 30.1 Å². The van der Waals surface area contributed by atoms with Gasteiger partial charge in [-0.15, -0.1) is 0 Å². The Morgan fingerprint density at radius 3 is 1.74 bits per heavy atom. The van der Waals surface area contributed by atoms with Crippen LogP contribution in [0.4, 0.5) is 4.79 Å². The van der Waals surface area contributed by atoms with Gasteiger partial charge in [0.25, 0.3) is 0 Å². The summed E-state index contributed by atoms with van der Waals surface area (Å²) in [6, 6.07) is 4.93. The minimum Gasteiger partial charge on any atom is -0.480 e. The number of carbonyl (C=O) groups is 6. The molecule has 298 valence electrons. The van der Waals surface area contributed by atoms with Crippen LogP contribution in [0, 0.1) is 11.3 Å². The number of esters is 1. The zero-order chi connectivity index (χ0) is 41.4. The summed E-state index contributed by atoms with van der Waals surface area (Å²) >= 11 is 0. The Kier molecular flexibility index (Phi) is 15.9. The second-order valence-electron chi connectivity index (χ2n) is 17.6. The third kappa shape index (κ3) is 14.2. The number of hydrogen-bond donors (Lipinski definition) is 3. The van der Waals surface area contributed by atoms with E-state index in [2.05, 4.69) is 10.6 Å². The molecule has 13 heteroatoms. The first-order valence-electron chi connectivity index (χ1n) is 17.9. The number of carbonyl (C=O) groups excluding carboxylic acids is 5. The molecule has 0 aliphatic rings. The van der Waals surface area contributed by atoms with E-state index in [4.69, 9.17) is 9.47 Å². The molecular formula is C40H64N4O9. The van der Waals surface area contributed by atoms with Crippen LogP contribution in [0.25, 0.3) is 0 Å². The quantitative estimate of drug-likeness (QED) is 0.165. The first-order chi connectivity index (χ1) is 23.9. The van der Waals surface area contributed by atoms with E-state index in [0.717, 1.165) is 5.56 Å². The summed E-state index contributed by atoms with van der Waals surface area (Å²) in [6.07, 6.45) is 0.284. The molecule has 0 spiro atoms. The molecule has 0 radical (unpaired) electrons. The molecule has 4 atom stereocenters. The van der Waals surface area contributed by atoms with E-state index in [-0.39, 0.29) is 11.5 Å². The fourth-order valence-corrected chi connectivity index (χ4v) is 5.78. The van der Waals surface area contributed by atoms with Gasteiger partial charge in [-0.1, -0.05) is 84.9 Å². The lowest BCUT2D eigenvalue weighted by molar-refractivity contribution is -0.158. The SMILES string of the molecule is C/C(=C\[C@H](C(C)C)N(C)C(=O)C(NC(=O)[C@@H](N(C)C(=O)OC(C)(C)C)C(C)(C)c1ccccc1)C(C)(C)C)C(=O)N[C@H](CC(=O)OC(C)(C)C)C(=O)O. The van der Waals surface area contributed by atoms with Crippen molar-refractivity contribution >= 4 is 35.8 Å². The maximum atomic E-state index is 14.5. The van der Waals surface area contributed by atoms with Gasteiger partial charge in [-0.05, 0) is 65.4 Å². The van der Waals surface area contributed by atoms with Crippen LogP contribution in [0.15, 0.2) is 42.0 Å². The van der Waals surface area contributed by atoms with Gasteiger partial charge in [-0.3, -0.25) is 24.1 Å². The Morgan fingerprint density at radius 1 is 0.792 bits per heavy atom. The van der Waals surface area contributed by atoms with E-state index in [1.165, 1.54) is 23.8 Å². The number of hydrogen-bond acceptors (Lipinski definition) is 8. The first-order valence-corrected chi connectivity index (χ1v) is 17.9. The number of rotatable bonds is 14. The molecule has 0 aliphatic carbocycles. The van der Waals surface area contributed by atoms with E-state index < -0.39 is 88.4 Å². The van der Waals surface area contributed by atoms with Crippen LogP contribution in [0.1, 0.15) is 109 Å². The molecule has 0 aliphatic heterocycles. The molecule has 0 bridgehead atoms. The van der Waals surface area contributed by atoms with E-state index in [1.807, 2.05) is 78.8 Å². The summed E-state index contributed by atoms with van der Waals surface area (Å²) in [5.74, 6) is -4.14. The lowest BCUT2D eigenvalue weighted by Gasteiger charge is -2.42. The van der Waals surface area contributed by atoms with Crippen LogP contribution in [-0.2, 0) is 38.9 Å². The minimum absolute atomic E-state index is 0.124. The average Bonchev–Trinajstić information content (AvgIpc) is 2.99. The zero-order valence-electron chi connectivity index (χ0n) is 34.7. The second kappa shape index (κ2) is 18.1. The minimum atomic E-state index is -1.54. The van der Waals surface area contributed by atoms with Crippen molar-refractivity contribution in [1.82, 2.24) is 20.4 Å². The summed E-state index contributed by atoms with van der Waals surface area (Å²) < 4.78 is 10.9. The normalized spacial score (nSPS) is 15.0. The number of ether oxygens (including phenoxy) is 2. The molecule has 1 rings (SSSR count). The van der Waals surface area contributed by atoms with Gasteiger partial charge >= 0.3 is 18.0 Å². The highest BCUT2D eigenvalue weighted by atomic mass is 16.6. The summed E-state index contributed by atoms with van der Waals surface area (Å²) in [5, 5.41) is 15.0. The molecule has 0 heterocycles. The van der Waals surface area contributed by atoms with Gasteiger partial charge in [-0.25, -0.2) is 9.59 Å². The predicted molar refractivity (Wildman–Crippen MR) is 204 cm³/mol. The lowest BCUT2D eigenvalue weighted by atomic mass is 9.76. The third-order valence-electron chi connectivity index (χ3n) is 8.57. The number of nitrogens with zero attached hydrogens (tertiary/aromatic N) is 2. The molecule has 1 unspecified atom stereocenters. The molecule has 13 nitrogen and oxygen atoms in total. The number of amides is 4. The largest absolute Gasteiger partial charge is 0.480 e. The number of carboxylic acids is 1. The van der Waals surface area contributed by atoms with Gasteiger partial charge in [0.2, 0.25) is 17.7 Å². The molecule has 0 aromatic heterocycles. The fourth-order valence-electron chi connectivity index (χ4n) is 5.78. The molecule has 1 aromatic carbocycles. The topological polar surface area (TPSA) is 172 Å². The van der Waals surface area contributed by atoms with Crippen molar-refractivity contribution in [2.24, 2.45) is 11.3 Å². The third-order valence-corrected chi connectivity index (χ3v) is 8.57. The summed E-state index contributed by atoms with van der Waals surface area (Å²) in [6.45, 7) is 24.5. The number of carboxylic acid groups (broad SMARTS) is 1. The average molecular weight is 745 g/mol. The number of benzene rings is 1. The second-order valence-corrected chi connectivity index (χ2v) is 17.6. The molecule has 0 saturated carbocycles. The van der Waals surface area contributed by atoms with Crippen LogP contribution in [-0.4, -0.2) is 100 Å². The molecule has 3 N–H and O–H groups in total. The molecule has 0 saturated heterocycles. The van der Waals surface area contributed by atoms with Gasteiger partial charge in [0.15, 0.2) is 0 Å². The van der Waals surface area contributed by atoms with Gasteiger partial charge in [-0.2, -0.15) is 0 Å². The molecular weight excluding hydrogens is 680 g/mol. The Morgan fingerprint density at radius 2 is 1.30 bits per heavy atom. The van der Waals surface area contributed by atoms with E-state index in [0.29, 0.717) is 0 Å². The highest BCUT2D eigenvalue weighted by Crippen LogP contribution is 2.32. The van der Waals surface area contributed by atoms with Crippen molar-refractivity contribution in [2.45, 2.75) is 144 Å². The Hall–Kier alpha value is -4.42. The van der Waals surface area contributed by atoms with Crippen molar-refractivity contribution in [2.75, 3.05) is 14.1 Å². The van der Waals surface area contributed by atoms with Gasteiger partial charge in [0.1, 0.15) is 29.3 Å². The van der Waals surface area contributed by atoms with Crippen molar-refractivity contribution in [3.63, 3.8) is 0 Å². The lowest BCUT2D eigenvalue weighted by Crippen LogP contribution is -2.63. The number of aliphatic carboxylic acids is 1. The summed E-state index contributed by atoms with van der Waals surface area (Å²) in [7, 11) is 3.07. The van der Waals surface area contributed by atoms with Crippen LogP contribution in [0.5, 0.6) is 0 Å². The number of nitrogens with one attached hydrogen (secondary N) is 2. The fraction of sp³-hybridized carbons (Fsp3) is 0.650. The van der Waals surface area contributed by atoms with Gasteiger partial charge in [0.05, 0.1) is 12.5 Å². The first kappa shape index (κ1) is 46.6. The van der Waals surface area contributed by atoms with E-state index in [9.17, 15) is 33.9 Å². The highest BCUT2D eigenvalue weighted by Gasteiger charge is 2.46. The monoisotopic (exact) mass is 744 g/mol. The smallest absolute Gasteiger partial charge is 0.410 e. The molecule has 53 heavy (non-hydrogen) atoms. The van der Waals surface area contributed by atoms with Crippen molar-refractivity contribution < 1.29 is 43.3 Å². The zero-order valence-corrected chi connectivity index (χ0v) is 34.7. The standard InChI is InChI=1S/C40H64N4O9/c1-24(2)28(22-25(3)32(46)41-27(35(49)50)23-29(45)52-38(7,8)9)43(15)34(48)30(37(4,5)6)42-33(47)31(44(16)36(51)53-39(10,11)12)40(13,14)26-20-18-17-19-21-26/h17-22,24,27-28,30-31H,23H2,1-16H3,(H,41,46)(H,42,47)(H,49,50)/b25-22+/t27-,28-,30?,31-/m1/s1. The maximum absolute atomic E-state index is 14.5. The molecule has 1 aromatic rings. The van der Waals surface area contributed by atoms with Gasteiger partial charge in [0, 0.05) is 25.1 Å². The number of likely N-dealkylation sites (N-methyl/N-ethyl adjacent to an activating group) is 2. The van der Waals surface area contributed by atoms with Crippen molar-refractivity contribution in [3.05, 3.63) is 47.5 Å². The van der Waals surface area contributed by atoms with E-state index in [1.54, 1.807) is 54.7 Å². The maximum Gasteiger partial charge on any atom is 0.410 e. The highest BCUT2D eigenvalue weighted by molar-refractivity contribution is 5.97. The van der Waals surface area contributed by atoms with Crippen LogP contribution < -0.4 is 10.6 Å². The predicted octanol–water partition coefficient (Wildman–Crippen LogP) is 5.46. The summed E-state index contributed by atoms with van der Waals surface area (Å²) in [4.78, 5) is 82.4. The Balaban J connectivity index is 3.51.